The lowest BCUT2D eigenvalue weighted by atomic mass is 10.0. The number of hydrogen-bond donors (Lipinski definition) is 2. The van der Waals surface area contributed by atoms with Gasteiger partial charge in [-0.1, -0.05) is 13.8 Å². The molecule has 0 unspecified atom stereocenters. The number of nitrogens with zero attached hydrogens (tertiary/aromatic N) is 1. The van der Waals surface area contributed by atoms with Crippen LogP contribution in [0.1, 0.15) is 13.8 Å². The summed E-state index contributed by atoms with van der Waals surface area (Å²) in [6.07, 6.45) is 0. The summed E-state index contributed by atoms with van der Waals surface area (Å²) in [7, 11) is 0. The van der Waals surface area contributed by atoms with E-state index in [1.54, 1.807) is 6.07 Å². The van der Waals surface area contributed by atoms with E-state index >= 15 is 0 Å². The van der Waals surface area contributed by atoms with E-state index in [-0.39, 0.29) is 17.5 Å². The van der Waals surface area contributed by atoms with E-state index in [0.29, 0.717) is 10.2 Å². The van der Waals surface area contributed by atoms with Crippen molar-refractivity contribution in [1.29, 1.82) is 0 Å². The summed E-state index contributed by atoms with van der Waals surface area (Å²) in [6.45, 7) is 3.66. The highest BCUT2D eigenvalue weighted by Gasteiger charge is 2.19. The molecule has 0 saturated carbocycles. The van der Waals surface area contributed by atoms with Gasteiger partial charge in [-0.25, -0.2) is 0 Å². The molecule has 6 nitrogen and oxygen atoms in total. The van der Waals surface area contributed by atoms with Crippen molar-refractivity contribution >= 4 is 33.2 Å². The van der Waals surface area contributed by atoms with Gasteiger partial charge in [0, 0.05) is 11.8 Å². The predicted octanol–water partition coefficient (Wildman–Crippen LogP) is 2.28. The maximum Gasteiger partial charge on any atom is 0.285 e. The predicted molar refractivity (Wildman–Crippen MR) is 72.2 cm³/mol. The maximum atomic E-state index is 11.7. The highest BCUT2D eigenvalue weighted by Crippen LogP contribution is 2.27. The number of amides is 1. The van der Waals surface area contributed by atoms with Gasteiger partial charge in [-0.15, -0.1) is 0 Å². The first-order valence-electron chi connectivity index (χ1n) is 5.33. The summed E-state index contributed by atoms with van der Waals surface area (Å²) in [6, 6.07) is 3.72. The first-order valence-corrected chi connectivity index (χ1v) is 6.12. The number of nitro benzene ring substituents is 1. The Hall–Kier alpha value is -1.47. The zero-order chi connectivity index (χ0) is 13.9. The monoisotopic (exact) mass is 315 g/mol. The fraction of sp³-hybridized carbons (Fsp3) is 0.364. The van der Waals surface area contributed by atoms with Crippen LogP contribution < -0.4 is 11.1 Å². The van der Waals surface area contributed by atoms with Crippen LogP contribution in [0.2, 0.25) is 0 Å². The topological polar surface area (TPSA) is 98.3 Å². The largest absolute Gasteiger partial charge is 0.324 e. The fourth-order valence-corrected chi connectivity index (χ4v) is 1.65. The van der Waals surface area contributed by atoms with Crippen LogP contribution >= 0.6 is 15.9 Å². The van der Waals surface area contributed by atoms with E-state index in [0.717, 1.165) is 0 Å². The van der Waals surface area contributed by atoms with Crippen molar-refractivity contribution in [3.05, 3.63) is 32.8 Å². The van der Waals surface area contributed by atoms with Gasteiger partial charge in [0.1, 0.15) is 0 Å². The molecule has 98 valence electrons. The molecule has 0 aliphatic heterocycles. The van der Waals surface area contributed by atoms with Gasteiger partial charge in [0.05, 0.1) is 15.4 Å². The van der Waals surface area contributed by atoms with Crippen LogP contribution in [0, 0.1) is 16.0 Å². The highest BCUT2D eigenvalue weighted by molar-refractivity contribution is 9.10. The summed E-state index contributed by atoms with van der Waals surface area (Å²) in [5.74, 6) is -0.364. The molecule has 0 aliphatic rings. The van der Waals surface area contributed by atoms with Gasteiger partial charge >= 0.3 is 0 Å². The Kier molecular flexibility index (Phi) is 4.80. The molecule has 0 aliphatic carbocycles. The second kappa shape index (κ2) is 5.92. The lowest BCUT2D eigenvalue weighted by molar-refractivity contribution is -0.385. The molecular formula is C11H14BrN3O3. The Bertz CT molecular complexity index is 477. The number of nitrogens with one attached hydrogen (secondary N) is 1. The van der Waals surface area contributed by atoms with E-state index < -0.39 is 11.0 Å². The molecular weight excluding hydrogens is 302 g/mol. The molecule has 1 aromatic carbocycles. The van der Waals surface area contributed by atoms with Crippen LogP contribution in [0.3, 0.4) is 0 Å². The van der Waals surface area contributed by atoms with Crippen molar-refractivity contribution in [3.63, 3.8) is 0 Å². The summed E-state index contributed by atoms with van der Waals surface area (Å²) in [4.78, 5) is 21.9. The molecule has 0 aromatic heterocycles. The maximum absolute atomic E-state index is 11.7. The molecule has 0 bridgehead atoms. The van der Waals surface area contributed by atoms with E-state index in [1.807, 2.05) is 13.8 Å². The SMILES string of the molecule is CC(C)[C@H](N)C(=O)Nc1ccc(Br)c([N+](=O)[O-])c1. The number of carbonyl (C=O) groups is 1. The minimum atomic E-state index is -0.646. The van der Waals surface area contributed by atoms with Gasteiger partial charge in [0.15, 0.2) is 0 Å². The molecule has 7 heteroatoms. The molecule has 1 atom stereocenters. The van der Waals surface area contributed by atoms with Crippen LogP contribution in [-0.4, -0.2) is 16.9 Å². The number of anilines is 1. The second-order valence-corrected chi connectivity index (χ2v) is 5.04. The third kappa shape index (κ3) is 3.51. The molecule has 1 rings (SSSR count). The van der Waals surface area contributed by atoms with E-state index in [1.165, 1.54) is 12.1 Å². The molecule has 0 fully saturated rings. The molecule has 0 radical (unpaired) electrons. The number of nitro groups is 1. The van der Waals surface area contributed by atoms with E-state index in [4.69, 9.17) is 5.73 Å². The van der Waals surface area contributed by atoms with Crippen LogP contribution in [0.5, 0.6) is 0 Å². The highest BCUT2D eigenvalue weighted by atomic mass is 79.9. The Balaban J connectivity index is 2.89. The van der Waals surface area contributed by atoms with Crippen molar-refractivity contribution in [2.75, 3.05) is 5.32 Å². The van der Waals surface area contributed by atoms with Crippen molar-refractivity contribution in [1.82, 2.24) is 0 Å². The minimum Gasteiger partial charge on any atom is -0.324 e. The Morgan fingerprint density at radius 1 is 1.50 bits per heavy atom. The number of benzene rings is 1. The summed E-state index contributed by atoms with van der Waals surface area (Å²) in [5, 5.41) is 13.3. The number of carbonyl (C=O) groups excluding carboxylic acids is 1. The first kappa shape index (κ1) is 14.6. The molecule has 1 amide bonds. The van der Waals surface area contributed by atoms with E-state index in [9.17, 15) is 14.9 Å². The average Bonchev–Trinajstić information content (AvgIpc) is 2.29. The average molecular weight is 316 g/mol. The van der Waals surface area contributed by atoms with Crippen LogP contribution in [0.15, 0.2) is 22.7 Å². The molecule has 0 spiro atoms. The molecule has 3 N–H and O–H groups in total. The summed E-state index contributed by atoms with van der Waals surface area (Å²) < 4.78 is 0.360. The van der Waals surface area contributed by atoms with Gasteiger partial charge < -0.3 is 11.1 Å². The van der Waals surface area contributed by atoms with Crippen molar-refractivity contribution in [2.24, 2.45) is 11.7 Å². The third-order valence-electron chi connectivity index (χ3n) is 2.43. The van der Waals surface area contributed by atoms with Crippen molar-refractivity contribution < 1.29 is 9.72 Å². The Morgan fingerprint density at radius 3 is 2.61 bits per heavy atom. The lowest BCUT2D eigenvalue weighted by Crippen LogP contribution is -2.39. The quantitative estimate of drug-likeness (QED) is 0.657. The van der Waals surface area contributed by atoms with Crippen molar-refractivity contribution in [2.45, 2.75) is 19.9 Å². The molecule has 0 heterocycles. The lowest BCUT2D eigenvalue weighted by Gasteiger charge is -2.15. The number of rotatable bonds is 4. The van der Waals surface area contributed by atoms with Gasteiger partial charge in [0.2, 0.25) is 5.91 Å². The van der Waals surface area contributed by atoms with Gasteiger partial charge in [0.25, 0.3) is 5.69 Å². The zero-order valence-electron chi connectivity index (χ0n) is 10.0. The van der Waals surface area contributed by atoms with Gasteiger partial charge in [-0.05, 0) is 34.0 Å². The minimum absolute atomic E-state index is 0.00423. The first-order chi connectivity index (χ1) is 8.32. The second-order valence-electron chi connectivity index (χ2n) is 4.18. The normalized spacial score (nSPS) is 12.3. The van der Waals surface area contributed by atoms with Crippen LogP contribution in [0.25, 0.3) is 0 Å². The van der Waals surface area contributed by atoms with Gasteiger partial charge in [-0.2, -0.15) is 0 Å². The third-order valence-corrected chi connectivity index (χ3v) is 3.10. The molecule has 18 heavy (non-hydrogen) atoms. The van der Waals surface area contributed by atoms with Crippen molar-refractivity contribution in [3.8, 4) is 0 Å². The zero-order valence-corrected chi connectivity index (χ0v) is 11.6. The van der Waals surface area contributed by atoms with Crippen LogP contribution in [-0.2, 0) is 4.79 Å². The Morgan fingerprint density at radius 2 is 2.11 bits per heavy atom. The molecule has 0 saturated heterocycles. The van der Waals surface area contributed by atoms with E-state index in [2.05, 4.69) is 21.2 Å². The molecule has 1 aromatic rings. The fourth-order valence-electron chi connectivity index (χ4n) is 1.26. The Labute approximate surface area is 113 Å². The van der Waals surface area contributed by atoms with Crippen LogP contribution in [0.4, 0.5) is 11.4 Å². The number of hydrogen-bond acceptors (Lipinski definition) is 4. The van der Waals surface area contributed by atoms with Gasteiger partial charge in [-0.3, -0.25) is 14.9 Å². The summed E-state index contributed by atoms with van der Waals surface area (Å²) >= 11 is 3.07. The number of halogens is 1. The summed E-state index contributed by atoms with van der Waals surface area (Å²) in [5.41, 5.74) is 5.93. The standard InChI is InChI=1S/C11H14BrN3O3/c1-6(2)10(13)11(16)14-7-3-4-8(12)9(5-7)15(17)18/h3-6,10H,13H2,1-2H3,(H,14,16)/t10-/m0/s1. The number of nitrogens with two attached hydrogens (primary N) is 1. The smallest absolute Gasteiger partial charge is 0.285 e.